The van der Waals surface area contributed by atoms with Crippen LogP contribution in [0.4, 0.5) is 5.69 Å². The van der Waals surface area contributed by atoms with Crippen LogP contribution in [-0.2, 0) is 4.79 Å². The second kappa shape index (κ2) is 7.68. The number of amides is 1. The zero-order chi connectivity index (χ0) is 13.4. The van der Waals surface area contributed by atoms with Crippen LogP contribution in [-0.4, -0.2) is 37.3 Å². The molecule has 0 spiro atoms. The molecular formula is C13H20N2O3. The summed E-state index contributed by atoms with van der Waals surface area (Å²) < 4.78 is 5.02. The molecule has 0 aromatic heterocycles. The van der Waals surface area contributed by atoms with Crippen molar-refractivity contribution >= 4 is 11.6 Å². The summed E-state index contributed by atoms with van der Waals surface area (Å²) in [6.45, 7) is 2.50. The van der Waals surface area contributed by atoms with E-state index >= 15 is 0 Å². The van der Waals surface area contributed by atoms with Gasteiger partial charge in [-0.25, -0.2) is 0 Å². The highest BCUT2D eigenvalue weighted by Crippen LogP contribution is 2.14. The Kier molecular flexibility index (Phi) is 6.18. The second-order valence-corrected chi connectivity index (χ2v) is 3.97. The Morgan fingerprint density at radius 1 is 1.39 bits per heavy atom. The minimum Gasteiger partial charge on any atom is -0.497 e. The summed E-state index contributed by atoms with van der Waals surface area (Å²) in [6, 6.07) is 7.11. The summed E-state index contributed by atoms with van der Waals surface area (Å²) >= 11 is 0. The summed E-state index contributed by atoms with van der Waals surface area (Å²) in [7, 11) is 1.59. The summed E-state index contributed by atoms with van der Waals surface area (Å²) in [4.78, 5) is 11.6. The van der Waals surface area contributed by atoms with Gasteiger partial charge in [0.2, 0.25) is 5.91 Å². The van der Waals surface area contributed by atoms with E-state index in [0.717, 1.165) is 11.4 Å². The molecule has 1 aromatic rings. The molecule has 100 valence electrons. The van der Waals surface area contributed by atoms with Crippen LogP contribution in [0.3, 0.4) is 0 Å². The van der Waals surface area contributed by atoms with Gasteiger partial charge < -0.3 is 20.5 Å². The van der Waals surface area contributed by atoms with Gasteiger partial charge in [-0.15, -0.1) is 0 Å². The smallest absolute Gasteiger partial charge is 0.238 e. The van der Waals surface area contributed by atoms with Crippen molar-refractivity contribution in [3.63, 3.8) is 0 Å². The van der Waals surface area contributed by atoms with E-state index < -0.39 is 6.10 Å². The standard InChI is InChI=1S/C13H20N2O3/c1-3-11(16)8-14-9-13(17)15-10-4-6-12(18-2)7-5-10/h4-7,11,14,16H,3,8-9H2,1-2H3,(H,15,17). The lowest BCUT2D eigenvalue weighted by molar-refractivity contribution is -0.115. The number of aliphatic hydroxyl groups excluding tert-OH is 1. The normalized spacial score (nSPS) is 11.9. The molecule has 1 rings (SSSR count). The number of methoxy groups -OCH3 is 1. The third-order valence-corrected chi connectivity index (χ3v) is 2.51. The molecule has 0 bridgehead atoms. The van der Waals surface area contributed by atoms with Crippen LogP contribution in [0.1, 0.15) is 13.3 Å². The van der Waals surface area contributed by atoms with Crippen LogP contribution >= 0.6 is 0 Å². The van der Waals surface area contributed by atoms with Crippen molar-refractivity contribution in [1.82, 2.24) is 5.32 Å². The summed E-state index contributed by atoms with van der Waals surface area (Å²) in [6.07, 6.45) is 0.270. The van der Waals surface area contributed by atoms with Gasteiger partial charge >= 0.3 is 0 Å². The van der Waals surface area contributed by atoms with Crippen LogP contribution in [0.2, 0.25) is 0 Å². The van der Waals surface area contributed by atoms with Crippen molar-refractivity contribution < 1.29 is 14.6 Å². The molecule has 0 saturated heterocycles. The maximum Gasteiger partial charge on any atom is 0.238 e. The van der Waals surface area contributed by atoms with E-state index in [1.54, 1.807) is 31.4 Å². The number of carbonyl (C=O) groups excluding carboxylic acids is 1. The van der Waals surface area contributed by atoms with Crippen molar-refractivity contribution in [1.29, 1.82) is 0 Å². The van der Waals surface area contributed by atoms with Gasteiger partial charge in [-0.3, -0.25) is 4.79 Å². The van der Waals surface area contributed by atoms with E-state index in [0.29, 0.717) is 13.0 Å². The van der Waals surface area contributed by atoms with Gasteiger partial charge in [0.15, 0.2) is 0 Å². The first kappa shape index (κ1) is 14.5. The Balaban J connectivity index is 2.30. The van der Waals surface area contributed by atoms with Gasteiger partial charge in [-0.2, -0.15) is 0 Å². The number of carbonyl (C=O) groups is 1. The van der Waals surface area contributed by atoms with Crippen LogP contribution in [0.5, 0.6) is 5.75 Å². The van der Waals surface area contributed by atoms with Gasteiger partial charge in [0.05, 0.1) is 19.8 Å². The fourth-order valence-corrected chi connectivity index (χ4v) is 1.38. The molecule has 0 radical (unpaired) electrons. The quantitative estimate of drug-likeness (QED) is 0.677. The lowest BCUT2D eigenvalue weighted by Crippen LogP contribution is -2.33. The zero-order valence-electron chi connectivity index (χ0n) is 10.8. The van der Waals surface area contributed by atoms with Crippen molar-refractivity contribution in [2.75, 3.05) is 25.5 Å². The largest absolute Gasteiger partial charge is 0.497 e. The maximum absolute atomic E-state index is 11.6. The number of nitrogens with one attached hydrogen (secondary N) is 2. The molecule has 0 aliphatic rings. The average Bonchev–Trinajstić information content (AvgIpc) is 2.39. The Labute approximate surface area is 107 Å². The first-order valence-corrected chi connectivity index (χ1v) is 5.98. The van der Waals surface area contributed by atoms with Crippen LogP contribution in [0.25, 0.3) is 0 Å². The first-order valence-electron chi connectivity index (χ1n) is 5.98. The van der Waals surface area contributed by atoms with Gasteiger partial charge in [0.1, 0.15) is 5.75 Å². The van der Waals surface area contributed by atoms with E-state index in [9.17, 15) is 9.90 Å². The van der Waals surface area contributed by atoms with Crippen LogP contribution in [0.15, 0.2) is 24.3 Å². The predicted octanol–water partition coefficient (Wildman–Crippen LogP) is 0.994. The lowest BCUT2D eigenvalue weighted by atomic mass is 10.3. The highest BCUT2D eigenvalue weighted by molar-refractivity contribution is 5.92. The fraction of sp³-hybridized carbons (Fsp3) is 0.462. The number of benzene rings is 1. The third kappa shape index (κ3) is 5.16. The Morgan fingerprint density at radius 2 is 2.06 bits per heavy atom. The molecule has 0 fully saturated rings. The summed E-state index contributed by atoms with van der Waals surface area (Å²) in [5.74, 6) is 0.612. The van der Waals surface area contributed by atoms with Gasteiger partial charge in [-0.05, 0) is 30.7 Å². The number of ether oxygens (including phenoxy) is 1. The zero-order valence-corrected chi connectivity index (χ0v) is 10.8. The highest BCUT2D eigenvalue weighted by Gasteiger charge is 2.04. The molecule has 5 nitrogen and oxygen atoms in total. The van der Waals surface area contributed by atoms with E-state index in [4.69, 9.17) is 4.74 Å². The molecule has 0 saturated carbocycles. The second-order valence-electron chi connectivity index (χ2n) is 3.97. The topological polar surface area (TPSA) is 70.6 Å². The SMILES string of the molecule is CCC(O)CNCC(=O)Nc1ccc(OC)cc1. The number of hydrogen-bond acceptors (Lipinski definition) is 4. The molecular weight excluding hydrogens is 232 g/mol. The third-order valence-electron chi connectivity index (χ3n) is 2.51. The number of hydrogen-bond donors (Lipinski definition) is 3. The van der Waals surface area contributed by atoms with E-state index in [2.05, 4.69) is 10.6 Å². The van der Waals surface area contributed by atoms with E-state index in [-0.39, 0.29) is 12.5 Å². The number of aliphatic hydroxyl groups is 1. The summed E-state index contributed by atoms with van der Waals surface area (Å²) in [5, 5.41) is 14.9. The minimum atomic E-state index is -0.404. The average molecular weight is 252 g/mol. The van der Waals surface area contributed by atoms with Crippen molar-refractivity contribution in [2.24, 2.45) is 0 Å². The van der Waals surface area contributed by atoms with Gasteiger partial charge in [0.25, 0.3) is 0 Å². The van der Waals surface area contributed by atoms with E-state index in [1.807, 2.05) is 6.92 Å². The van der Waals surface area contributed by atoms with E-state index in [1.165, 1.54) is 0 Å². The lowest BCUT2D eigenvalue weighted by Gasteiger charge is -2.10. The molecule has 1 atom stereocenters. The van der Waals surface area contributed by atoms with Gasteiger partial charge in [-0.1, -0.05) is 6.92 Å². The molecule has 1 aromatic carbocycles. The van der Waals surface area contributed by atoms with Crippen molar-refractivity contribution in [3.8, 4) is 5.75 Å². The summed E-state index contributed by atoms with van der Waals surface area (Å²) in [5.41, 5.74) is 0.721. The molecule has 0 aliphatic heterocycles. The molecule has 0 aliphatic carbocycles. The van der Waals surface area contributed by atoms with Crippen LogP contribution in [0, 0.1) is 0 Å². The predicted molar refractivity (Wildman–Crippen MR) is 70.8 cm³/mol. The number of anilines is 1. The van der Waals surface area contributed by atoms with Crippen molar-refractivity contribution in [3.05, 3.63) is 24.3 Å². The fourth-order valence-electron chi connectivity index (χ4n) is 1.38. The molecule has 1 amide bonds. The van der Waals surface area contributed by atoms with Crippen LogP contribution < -0.4 is 15.4 Å². The first-order chi connectivity index (χ1) is 8.65. The monoisotopic (exact) mass is 252 g/mol. The maximum atomic E-state index is 11.6. The Bertz CT molecular complexity index is 365. The molecule has 5 heteroatoms. The molecule has 3 N–H and O–H groups in total. The Hall–Kier alpha value is -1.59. The number of rotatable bonds is 7. The molecule has 1 unspecified atom stereocenters. The minimum absolute atomic E-state index is 0.136. The molecule has 0 heterocycles. The van der Waals surface area contributed by atoms with Gasteiger partial charge in [0, 0.05) is 12.2 Å². The Morgan fingerprint density at radius 3 is 2.61 bits per heavy atom. The van der Waals surface area contributed by atoms with Crippen molar-refractivity contribution in [2.45, 2.75) is 19.4 Å². The highest BCUT2D eigenvalue weighted by atomic mass is 16.5. The molecule has 18 heavy (non-hydrogen) atoms.